The van der Waals surface area contributed by atoms with Crippen molar-refractivity contribution in [2.24, 2.45) is 0 Å². The summed E-state index contributed by atoms with van der Waals surface area (Å²) in [6, 6.07) is 39.8. The minimum Gasteiger partial charge on any atom is -0.436 e. The molecule has 5 aromatic carbocycles. The average Bonchev–Trinajstić information content (AvgIpc) is 3.46. The lowest BCUT2D eigenvalue weighted by Gasteiger charge is -2.17. The summed E-state index contributed by atoms with van der Waals surface area (Å²) in [5.41, 5.74) is 6.16. The Morgan fingerprint density at radius 1 is 0.714 bits per heavy atom. The predicted octanol–water partition coefficient (Wildman–Crippen LogP) is 8.53. The quantitative estimate of drug-likeness (QED) is 0.180. The number of anilines is 2. The molecule has 0 aliphatic heterocycles. The number of rotatable bonds is 8. The third-order valence-electron chi connectivity index (χ3n) is 6.79. The maximum Gasteiger partial charge on any atom is 0.255 e. The lowest BCUT2D eigenvalue weighted by molar-refractivity contribution is -0.115. The second kappa shape index (κ2) is 12.2. The normalized spacial score (nSPS) is 11.6. The van der Waals surface area contributed by atoms with Crippen LogP contribution in [0.5, 0.6) is 0 Å². The van der Waals surface area contributed by atoms with Crippen LogP contribution in [-0.4, -0.2) is 16.8 Å². The van der Waals surface area contributed by atoms with Crippen molar-refractivity contribution in [1.82, 2.24) is 4.98 Å². The lowest BCUT2D eigenvalue weighted by atomic mass is 10.1. The second-order valence-corrected chi connectivity index (χ2v) is 10.9. The zero-order chi connectivity index (χ0) is 28.9. The van der Waals surface area contributed by atoms with Crippen LogP contribution < -0.4 is 10.6 Å². The molecule has 0 aliphatic carbocycles. The van der Waals surface area contributed by atoms with Crippen molar-refractivity contribution >= 4 is 46.1 Å². The molecule has 1 unspecified atom stereocenters. The molecule has 2 N–H and O–H groups in total. The number of para-hydroxylation sites is 2. The fraction of sp³-hybridized carbons (Fsp3) is 0.0571. The largest absolute Gasteiger partial charge is 0.436 e. The predicted molar refractivity (Wildman–Crippen MR) is 169 cm³/mol. The van der Waals surface area contributed by atoms with E-state index in [4.69, 9.17) is 4.42 Å². The maximum absolute atomic E-state index is 13.6. The Morgan fingerprint density at radius 2 is 1.36 bits per heavy atom. The first-order chi connectivity index (χ1) is 20.5. The Labute approximate surface area is 247 Å². The van der Waals surface area contributed by atoms with E-state index in [1.165, 1.54) is 11.8 Å². The molecular weight excluding hydrogens is 542 g/mol. The number of nitrogens with zero attached hydrogens (tertiary/aromatic N) is 1. The minimum atomic E-state index is -0.490. The summed E-state index contributed by atoms with van der Waals surface area (Å²) in [6.45, 7) is 1.91. The Hall–Kier alpha value is -5.14. The van der Waals surface area contributed by atoms with E-state index in [-0.39, 0.29) is 11.8 Å². The number of thioether (sulfide) groups is 1. The number of hydrogen-bond donors (Lipinski definition) is 2. The number of aryl methyl sites for hydroxylation is 1. The summed E-state index contributed by atoms with van der Waals surface area (Å²) in [5, 5.41) is 5.52. The van der Waals surface area contributed by atoms with Crippen LogP contribution in [0.15, 0.2) is 137 Å². The number of amides is 2. The number of aromatic nitrogens is 1. The summed E-state index contributed by atoms with van der Waals surface area (Å²) >= 11 is 1.45. The monoisotopic (exact) mass is 569 g/mol. The molecule has 6 aromatic rings. The molecule has 1 atom stereocenters. The molecule has 2 amide bonds. The molecule has 0 saturated heterocycles. The van der Waals surface area contributed by atoms with Crippen molar-refractivity contribution in [2.75, 3.05) is 10.6 Å². The van der Waals surface area contributed by atoms with Gasteiger partial charge in [0.2, 0.25) is 11.8 Å². The summed E-state index contributed by atoms with van der Waals surface area (Å²) in [4.78, 5) is 31.7. The lowest BCUT2D eigenvalue weighted by Crippen LogP contribution is -2.19. The third kappa shape index (κ3) is 6.11. The molecule has 0 aliphatic rings. The van der Waals surface area contributed by atoms with Gasteiger partial charge in [0.15, 0.2) is 5.58 Å². The molecule has 42 heavy (non-hydrogen) atoms. The number of hydrogen-bond acceptors (Lipinski definition) is 5. The molecule has 0 radical (unpaired) electrons. The zero-order valence-corrected chi connectivity index (χ0v) is 23.6. The highest BCUT2D eigenvalue weighted by molar-refractivity contribution is 8.00. The molecule has 0 bridgehead atoms. The highest BCUT2D eigenvalue weighted by atomic mass is 32.2. The number of nitrogens with one attached hydrogen (secondary N) is 2. The highest BCUT2D eigenvalue weighted by Gasteiger charge is 2.22. The Bertz CT molecular complexity index is 1820. The van der Waals surface area contributed by atoms with E-state index in [1.807, 2.05) is 128 Å². The van der Waals surface area contributed by atoms with Gasteiger partial charge in [0.25, 0.3) is 5.91 Å². The Morgan fingerprint density at radius 3 is 2.10 bits per heavy atom. The fourth-order valence-corrected chi connectivity index (χ4v) is 5.60. The van der Waals surface area contributed by atoms with Crippen molar-refractivity contribution in [3.8, 4) is 11.5 Å². The molecule has 7 heteroatoms. The van der Waals surface area contributed by atoms with Gasteiger partial charge in [-0.05, 0) is 84.8 Å². The molecular formula is C35H27N3O3S. The zero-order valence-electron chi connectivity index (χ0n) is 22.8. The van der Waals surface area contributed by atoms with Crippen molar-refractivity contribution in [3.63, 3.8) is 0 Å². The molecule has 1 heterocycles. The van der Waals surface area contributed by atoms with Gasteiger partial charge in [-0.15, -0.1) is 11.8 Å². The molecule has 0 spiro atoms. The summed E-state index contributed by atoms with van der Waals surface area (Å²) in [6.07, 6.45) is 0. The number of benzene rings is 5. The number of fused-ring (bicyclic) bond motifs is 1. The van der Waals surface area contributed by atoms with Crippen molar-refractivity contribution in [1.29, 1.82) is 0 Å². The van der Waals surface area contributed by atoms with E-state index < -0.39 is 5.25 Å². The molecule has 1 aromatic heterocycles. The van der Waals surface area contributed by atoms with Crippen LogP contribution >= 0.6 is 11.8 Å². The first kappa shape index (κ1) is 27.1. The smallest absolute Gasteiger partial charge is 0.255 e. The molecule has 206 valence electrons. The van der Waals surface area contributed by atoms with Gasteiger partial charge in [-0.1, -0.05) is 60.7 Å². The van der Waals surface area contributed by atoms with Gasteiger partial charge >= 0.3 is 0 Å². The SMILES string of the molecule is Cc1ccccc1C(=O)Nc1ccc(SC(C(=O)Nc2ccc(-c3nc4ccccc4o3)cc2)c2ccccc2)cc1. The molecule has 0 saturated carbocycles. The van der Waals surface area contributed by atoms with Gasteiger partial charge in [-0.25, -0.2) is 4.98 Å². The summed E-state index contributed by atoms with van der Waals surface area (Å²) in [7, 11) is 0. The fourth-order valence-electron chi connectivity index (χ4n) is 4.58. The van der Waals surface area contributed by atoms with E-state index in [2.05, 4.69) is 15.6 Å². The van der Waals surface area contributed by atoms with Gasteiger partial charge in [0.1, 0.15) is 10.8 Å². The van der Waals surface area contributed by atoms with Crippen LogP contribution in [0.3, 0.4) is 0 Å². The first-order valence-corrected chi connectivity index (χ1v) is 14.4. The highest BCUT2D eigenvalue weighted by Crippen LogP contribution is 2.37. The number of carbonyl (C=O) groups is 2. The molecule has 6 rings (SSSR count). The summed E-state index contributed by atoms with van der Waals surface area (Å²) < 4.78 is 5.87. The van der Waals surface area contributed by atoms with Gasteiger partial charge in [-0.3, -0.25) is 9.59 Å². The topological polar surface area (TPSA) is 84.2 Å². The molecule has 0 fully saturated rings. The van der Waals surface area contributed by atoms with Gasteiger partial charge in [0.05, 0.1) is 0 Å². The number of oxazole rings is 1. The van der Waals surface area contributed by atoms with Crippen LogP contribution in [-0.2, 0) is 4.79 Å². The number of carbonyl (C=O) groups excluding carboxylic acids is 2. The van der Waals surface area contributed by atoms with Gasteiger partial charge in [-0.2, -0.15) is 0 Å². The van der Waals surface area contributed by atoms with Gasteiger partial charge in [0, 0.05) is 27.4 Å². The standard InChI is InChI=1S/C35H27N3O3S/c1-23-9-5-6-12-29(23)33(39)36-27-19-21-28(22-20-27)42-32(24-10-3-2-4-11-24)34(40)37-26-17-15-25(16-18-26)35-38-30-13-7-8-14-31(30)41-35/h2-22,32H,1H3,(H,36,39)(H,37,40). The van der Waals surface area contributed by atoms with E-state index >= 15 is 0 Å². The van der Waals surface area contributed by atoms with Crippen LogP contribution in [0.1, 0.15) is 26.7 Å². The van der Waals surface area contributed by atoms with Crippen LogP contribution in [0.4, 0.5) is 11.4 Å². The first-order valence-electron chi connectivity index (χ1n) is 13.5. The minimum absolute atomic E-state index is 0.141. The Balaban J connectivity index is 1.16. The van der Waals surface area contributed by atoms with E-state index in [0.717, 1.165) is 32.7 Å². The Kier molecular flexibility index (Phi) is 7.83. The van der Waals surface area contributed by atoms with Crippen molar-refractivity contribution in [2.45, 2.75) is 17.1 Å². The summed E-state index contributed by atoms with van der Waals surface area (Å²) in [5.74, 6) is 0.236. The van der Waals surface area contributed by atoms with Crippen LogP contribution in [0, 0.1) is 6.92 Å². The van der Waals surface area contributed by atoms with E-state index in [9.17, 15) is 9.59 Å². The van der Waals surface area contributed by atoms with Crippen LogP contribution in [0.2, 0.25) is 0 Å². The third-order valence-corrected chi connectivity index (χ3v) is 8.06. The van der Waals surface area contributed by atoms with Crippen molar-refractivity contribution in [3.05, 3.63) is 144 Å². The van der Waals surface area contributed by atoms with Crippen molar-refractivity contribution < 1.29 is 14.0 Å². The second-order valence-electron chi connectivity index (χ2n) is 9.76. The molecule has 6 nitrogen and oxygen atoms in total. The van der Waals surface area contributed by atoms with E-state index in [1.54, 1.807) is 6.07 Å². The van der Waals surface area contributed by atoms with E-state index in [0.29, 0.717) is 22.8 Å². The van der Waals surface area contributed by atoms with Crippen LogP contribution in [0.25, 0.3) is 22.6 Å². The maximum atomic E-state index is 13.6. The van der Waals surface area contributed by atoms with Gasteiger partial charge < -0.3 is 15.1 Å². The average molecular weight is 570 g/mol.